The Bertz CT molecular complexity index is 5230. The van der Waals surface area contributed by atoms with Crippen molar-refractivity contribution in [3.05, 3.63) is 299 Å². The molecule has 13 aromatic rings. The second kappa shape index (κ2) is 23.7. The van der Waals surface area contributed by atoms with E-state index >= 15 is 0 Å². The van der Waals surface area contributed by atoms with Gasteiger partial charge in [0.1, 0.15) is 0 Å². The van der Waals surface area contributed by atoms with Gasteiger partial charge >= 0.3 is 332 Å². The normalized spacial score (nSPS) is 13.2. The van der Waals surface area contributed by atoms with Crippen LogP contribution >= 0.6 is 0 Å². The van der Waals surface area contributed by atoms with Gasteiger partial charge in [0.15, 0.2) is 0 Å². The molecule has 0 saturated carbocycles. The van der Waals surface area contributed by atoms with Crippen LogP contribution in [0.25, 0.3) is 78.0 Å². The number of fused-ring (bicyclic) bond motifs is 7. The third-order valence-corrected chi connectivity index (χ3v) is 18.7. The Morgan fingerprint density at radius 1 is 0.402 bits per heavy atom. The van der Waals surface area contributed by atoms with Crippen molar-refractivity contribution in [1.29, 1.82) is 0 Å². The number of anilines is 6. The molecule has 0 amide bonds. The van der Waals surface area contributed by atoms with Crippen molar-refractivity contribution in [2.75, 3.05) is 9.80 Å². The van der Waals surface area contributed by atoms with Crippen LogP contribution in [-0.4, -0.2) is 14.1 Å². The van der Waals surface area contributed by atoms with Gasteiger partial charge in [-0.2, -0.15) is 0 Å². The molecule has 2 aromatic heterocycles. The standard InChI is InChI=1S/C85H75N5O.Pt/c1-57-50-81(86-55-72(57)60-32-18-13-19-33-60)90-76-49-46-62(84(5,6)7)51-70(76)68-36-20-22-40-74(68)89(63-47-44-61(45-48-63)83(2,3)4)75-41-23-21-37-69(75)71-53-73(85(8,9)10)80(54-79(71)90)91-65-35-26-34-64(52-65)87-56-88(78-43-25-24-42-77(78)87)82-66(58-28-14-11-15-29-58)38-27-39-67(82)59-30-16-12-17-31-59;/h11-55H,1-10H3;/i13D,18D,19D,32D,33D;. The van der Waals surface area contributed by atoms with E-state index in [1.165, 1.54) is 5.56 Å². The molecule has 11 aromatic carbocycles. The van der Waals surface area contributed by atoms with Crippen LogP contribution in [0.2, 0.25) is 0 Å². The SMILES string of the molecule is [2H]c1c([2H])c([2H])c(-c2cnc(N3c4ccc(C(C)(C)C)cc4-c4ccccc4N(c4ccc(C(C)(C)C)cc4)c4ccccc4-c4cc(C(C)(C)C)c(Oc5cccc(-n6[c](=[Pt])n(-c7c(-c8ccccc8)cccc7-c7ccccc7)c7ccccc76)c5)cc43)cc2C)c([2H])c1[2H]. The molecule has 1 aliphatic rings. The van der Waals surface area contributed by atoms with Crippen LogP contribution in [0.5, 0.6) is 11.5 Å². The molecule has 1 aliphatic heterocycles. The van der Waals surface area contributed by atoms with Gasteiger partial charge in [0.25, 0.3) is 0 Å². The van der Waals surface area contributed by atoms with Gasteiger partial charge < -0.3 is 4.90 Å². The topological polar surface area (TPSA) is 38.5 Å². The summed E-state index contributed by atoms with van der Waals surface area (Å²) in [7, 11) is 0. The van der Waals surface area contributed by atoms with Gasteiger partial charge in [0, 0.05) is 23.0 Å². The minimum atomic E-state index is -0.480. The van der Waals surface area contributed by atoms with Crippen molar-refractivity contribution in [3.8, 4) is 78.5 Å². The summed E-state index contributed by atoms with van der Waals surface area (Å²) in [6.45, 7) is 22.1. The Kier molecular flexibility index (Phi) is 13.9. The van der Waals surface area contributed by atoms with E-state index in [4.69, 9.17) is 16.6 Å². The van der Waals surface area contributed by atoms with Crippen molar-refractivity contribution in [1.82, 2.24) is 14.1 Å². The van der Waals surface area contributed by atoms with Gasteiger partial charge in [-0.15, -0.1) is 0 Å². The summed E-state index contributed by atoms with van der Waals surface area (Å²) in [6, 6.07) is 82.6. The van der Waals surface area contributed by atoms with Crippen molar-refractivity contribution in [2.45, 2.75) is 85.5 Å². The Labute approximate surface area is 559 Å². The fourth-order valence-corrected chi connectivity index (χ4v) is 14.0. The first-order valence-electron chi connectivity index (χ1n) is 33.9. The summed E-state index contributed by atoms with van der Waals surface area (Å²) in [4.78, 5) is 10.0. The third kappa shape index (κ3) is 11.0. The smallest absolute Gasteiger partial charge is 0.0616 e. The summed E-state index contributed by atoms with van der Waals surface area (Å²) in [5.74, 6) is 1.83. The molecule has 92 heavy (non-hydrogen) atoms. The van der Waals surface area contributed by atoms with E-state index in [2.05, 4.69) is 325 Å². The van der Waals surface area contributed by atoms with Gasteiger partial charge in [0.05, 0.1) is 12.5 Å². The van der Waals surface area contributed by atoms with E-state index in [0.717, 1.165) is 110 Å². The van der Waals surface area contributed by atoms with Gasteiger partial charge in [-0.3, -0.25) is 0 Å². The van der Waals surface area contributed by atoms with Crippen molar-refractivity contribution >= 4 is 45.3 Å². The maximum absolute atomic E-state index is 9.11. The van der Waals surface area contributed by atoms with Gasteiger partial charge in [-0.25, -0.2) is 0 Å². The number of ether oxygens (including phenoxy) is 1. The predicted octanol–water partition coefficient (Wildman–Crippen LogP) is 23.5. The molecular formula is C85H75N5OPt. The number of aromatic nitrogens is 3. The van der Waals surface area contributed by atoms with Crippen LogP contribution < -0.4 is 14.5 Å². The zero-order valence-corrected chi connectivity index (χ0v) is 55.8. The van der Waals surface area contributed by atoms with E-state index in [-0.39, 0.29) is 28.5 Å². The first kappa shape index (κ1) is 53.9. The van der Waals surface area contributed by atoms with Gasteiger partial charge in [-0.1, -0.05) is 120 Å². The summed E-state index contributed by atoms with van der Waals surface area (Å²) >= 11 is 2.50. The number of hydrogen-bond acceptors (Lipinski definition) is 4. The minimum absolute atomic E-state index is 0.0743. The predicted molar refractivity (Wildman–Crippen MR) is 381 cm³/mol. The number of hydrogen-bond donors (Lipinski definition) is 0. The molecule has 14 rings (SSSR count). The second-order valence-electron chi connectivity index (χ2n) is 26.9. The summed E-state index contributed by atoms with van der Waals surface area (Å²) in [6.07, 6.45) is 1.66. The summed E-state index contributed by atoms with van der Waals surface area (Å²) < 4.78 is 57.4. The molecule has 6 nitrogen and oxygen atoms in total. The number of benzene rings is 11. The maximum atomic E-state index is 9.11. The molecule has 3 heterocycles. The average molecular weight is 1380 g/mol. The van der Waals surface area contributed by atoms with Crippen LogP contribution in [-0.2, 0) is 35.6 Å². The second-order valence-corrected chi connectivity index (χ2v) is 27.9. The zero-order chi connectivity index (χ0) is 68.0. The minimum Gasteiger partial charge on any atom is -0.0616 e. The van der Waals surface area contributed by atoms with E-state index in [1.807, 2.05) is 19.1 Å². The van der Waals surface area contributed by atoms with Crippen LogP contribution in [0.3, 0.4) is 0 Å². The number of imidazole rings is 1. The van der Waals surface area contributed by atoms with E-state index in [0.29, 0.717) is 28.4 Å². The van der Waals surface area contributed by atoms with Crippen LogP contribution in [0.15, 0.2) is 273 Å². The Hall–Kier alpha value is -9.87. The molecule has 0 fully saturated rings. The number of aryl methyl sites for hydroxylation is 1. The molecule has 0 N–H and O–H groups in total. The fraction of sp³-hybridized carbons (Fsp3) is 0.153. The first-order valence-corrected chi connectivity index (χ1v) is 32.6. The molecule has 0 saturated heterocycles. The molecule has 0 atom stereocenters. The van der Waals surface area contributed by atoms with Crippen LogP contribution in [0.1, 0.15) is 91.4 Å². The Morgan fingerprint density at radius 3 is 1.53 bits per heavy atom. The quantitative estimate of drug-likeness (QED) is 0.144. The number of para-hydroxylation sites is 5. The van der Waals surface area contributed by atoms with Gasteiger partial charge in [0.2, 0.25) is 0 Å². The summed E-state index contributed by atoms with van der Waals surface area (Å²) in [5, 5.41) is 0. The van der Waals surface area contributed by atoms with Crippen molar-refractivity contribution < 1.29 is 30.9 Å². The third-order valence-electron chi connectivity index (χ3n) is 17.6. The first-order chi connectivity index (χ1) is 46.5. The molecule has 0 bridgehead atoms. The average Bonchev–Trinajstić information content (AvgIpc) is 1.72. The molecule has 456 valence electrons. The molecular weight excluding hydrogens is 1300 g/mol. The molecule has 0 radical (unpaired) electrons. The van der Waals surface area contributed by atoms with E-state index in [9.17, 15) is 0 Å². The fourth-order valence-electron chi connectivity index (χ4n) is 12.9. The monoisotopic (exact) mass is 1380 g/mol. The van der Waals surface area contributed by atoms with E-state index < -0.39 is 23.5 Å². The molecule has 0 aliphatic carbocycles. The number of rotatable bonds is 9. The Balaban J connectivity index is 1.03. The van der Waals surface area contributed by atoms with Gasteiger partial charge in [-0.05, 0) is 70.3 Å². The van der Waals surface area contributed by atoms with Crippen molar-refractivity contribution in [2.24, 2.45) is 0 Å². The van der Waals surface area contributed by atoms with E-state index in [1.54, 1.807) is 6.20 Å². The van der Waals surface area contributed by atoms with Crippen LogP contribution in [0.4, 0.5) is 34.3 Å². The molecule has 0 unspecified atom stereocenters. The van der Waals surface area contributed by atoms with Crippen LogP contribution in [0, 0.1) is 10.7 Å². The summed E-state index contributed by atoms with van der Waals surface area (Å²) in [5.41, 5.74) is 20.7. The zero-order valence-electron chi connectivity index (χ0n) is 58.6. The molecule has 7 heteroatoms. The Morgan fingerprint density at radius 2 is 0.935 bits per heavy atom. The number of nitrogens with zero attached hydrogens (tertiary/aromatic N) is 5. The van der Waals surface area contributed by atoms with Crippen molar-refractivity contribution in [3.63, 3.8) is 0 Å². The number of pyridine rings is 1. The molecule has 0 spiro atoms.